The number of rotatable bonds is 3. The number of hydrogen-bond acceptors (Lipinski definition) is 2. The Labute approximate surface area is 116 Å². The molecule has 1 atom stereocenters. The first kappa shape index (κ1) is 13.4. The van der Waals surface area contributed by atoms with Crippen LogP contribution in [-0.2, 0) is 14.7 Å². The van der Waals surface area contributed by atoms with Crippen LogP contribution in [0.3, 0.4) is 0 Å². The molecule has 2 aromatic rings. The lowest BCUT2D eigenvalue weighted by Gasteiger charge is -2.02. The molecule has 0 bridgehead atoms. The molecule has 0 radical (unpaired) electrons. The van der Waals surface area contributed by atoms with Crippen LogP contribution in [0.5, 0.6) is 0 Å². The molecule has 1 unspecified atom stereocenters. The monoisotopic (exact) mass is 299 g/mol. The van der Waals surface area contributed by atoms with E-state index in [1.54, 1.807) is 24.3 Å². The highest BCUT2D eigenvalue weighted by atomic mass is 35.7. The van der Waals surface area contributed by atoms with Crippen LogP contribution < -0.4 is 0 Å². The van der Waals surface area contributed by atoms with E-state index in [4.69, 9.17) is 22.3 Å². The van der Waals surface area contributed by atoms with Crippen molar-refractivity contribution >= 4 is 36.9 Å². The molecule has 2 rings (SSSR count). The molecule has 0 spiro atoms. The Kier molecular flexibility index (Phi) is 4.27. The summed E-state index contributed by atoms with van der Waals surface area (Å²) in [6, 6.07) is 16.2. The summed E-state index contributed by atoms with van der Waals surface area (Å²) in [6.45, 7) is 0. The smallest absolute Gasteiger partial charge is 0.139 e. The van der Waals surface area contributed by atoms with Crippen LogP contribution >= 0.6 is 22.3 Å². The molecule has 0 aliphatic carbocycles. The SMILES string of the molecule is O=S(Cl)(Cc1ccccc1)=Nc1ccc(Cl)cc1. The highest BCUT2D eigenvalue weighted by Crippen LogP contribution is 2.22. The normalized spacial score (nSPS) is 13.9. The van der Waals surface area contributed by atoms with Gasteiger partial charge in [-0.05, 0) is 40.5 Å². The van der Waals surface area contributed by atoms with E-state index in [0.717, 1.165) is 5.56 Å². The molecule has 2 nitrogen and oxygen atoms in total. The predicted octanol–water partition coefficient (Wildman–Crippen LogP) is 4.79. The summed E-state index contributed by atoms with van der Waals surface area (Å²) in [5.41, 5.74) is 1.46. The van der Waals surface area contributed by atoms with Gasteiger partial charge in [-0.25, -0.2) is 4.21 Å². The standard InChI is InChI=1S/C13H11Cl2NOS/c14-12-6-8-13(9-7-12)16-18(15,17)10-11-4-2-1-3-5-11/h1-9H,10H2. The molecule has 0 amide bonds. The van der Waals surface area contributed by atoms with Gasteiger partial charge >= 0.3 is 0 Å². The second-order valence-electron chi connectivity index (χ2n) is 3.76. The maximum atomic E-state index is 12.2. The van der Waals surface area contributed by atoms with E-state index in [1.807, 2.05) is 30.3 Å². The molecule has 94 valence electrons. The van der Waals surface area contributed by atoms with Crippen molar-refractivity contribution in [2.45, 2.75) is 5.75 Å². The Bertz CT molecular complexity index is 632. The van der Waals surface area contributed by atoms with Crippen LogP contribution in [-0.4, -0.2) is 4.21 Å². The lowest BCUT2D eigenvalue weighted by atomic mass is 10.2. The van der Waals surface area contributed by atoms with Gasteiger partial charge in [-0.1, -0.05) is 41.9 Å². The fourth-order valence-electron chi connectivity index (χ4n) is 1.47. The van der Waals surface area contributed by atoms with Crippen molar-refractivity contribution < 1.29 is 4.21 Å². The summed E-state index contributed by atoms with van der Waals surface area (Å²) >= 11 is 5.77. The van der Waals surface area contributed by atoms with Crippen LogP contribution in [0.15, 0.2) is 59.0 Å². The molecule has 18 heavy (non-hydrogen) atoms. The van der Waals surface area contributed by atoms with Gasteiger partial charge in [0, 0.05) is 5.02 Å². The molecular weight excluding hydrogens is 289 g/mol. The fraction of sp³-hybridized carbons (Fsp3) is 0.0769. The summed E-state index contributed by atoms with van der Waals surface area (Å²) in [6.07, 6.45) is 0. The Morgan fingerprint density at radius 1 is 1.00 bits per heavy atom. The molecule has 0 heterocycles. The van der Waals surface area contributed by atoms with Crippen LogP contribution in [0.2, 0.25) is 5.02 Å². The van der Waals surface area contributed by atoms with Gasteiger partial charge in [-0.2, -0.15) is 4.36 Å². The van der Waals surface area contributed by atoms with Crippen molar-refractivity contribution in [1.82, 2.24) is 0 Å². The number of nitrogens with zero attached hydrogens (tertiary/aromatic N) is 1. The molecule has 0 N–H and O–H groups in total. The van der Waals surface area contributed by atoms with Crippen molar-refractivity contribution in [2.75, 3.05) is 0 Å². The van der Waals surface area contributed by atoms with Gasteiger partial charge in [0.05, 0.1) is 11.4 Å². The van der Waals surface area contributed by atoms with Crippen molar-refractivity contribution in [2.24, 2.45) is 4.36 Å². The molecule has 0 saturated carbocycles. The molecule has 0 aliphatic rings. The molecule has 5 heteroatoms. The Morgan fingerprint density at radius 3 is 2.22 bits per heavy atom. The largest absolute Gasteiger partial charge is 0.233 e. The third-order valence-electron chi connectivity index (χ3n) is 2.26. The third kappa shape index (κ3) is 4.02. The molecule has 2 aromatic carbocycles. The van der Waals surface area contributed by atoms with E-state index in [9.17, 15) is 4.21 Å². The summed E-state index contributed by atoms with van der Waals surface area (Å²) in [7, 11) is 3.18. The number of halogens is 2. The lowest BCUT2D eigenvalue weighted by Crippen LogP contribution is -1.94. The minimum absolute atomic E-state index is 0.220. The maximum Gasteiger partial charge on any atom is 0.139 e. The van der Waals surface area contributed by atoms with Crippen LogP contribution in [0.25, 0.3) is 0 Å². The van der Waals surface area contributed by atoms with Crippen molar-refractivity contribution in [3.05, 3.63) is 65.2 Å². The molecule has 0 fully saturated rings. The van der Waals surface area contributed by atoms with Gasteiger partial charge in [0.1, 0.15) is 8.94 Å². The van der Waals surface area contributed by atoms with E-state index in [2.05, 4.69) is 4.36 Å². The average Bonchev–Trinajstić information content (AvgIpc) is 2.32. The van der Waals surface area contributed by atoms with Crippen molar-refractivity contribution in [3.63, 3.8) is 0 Å². The molecule has 0 aromatic heterocycles. The van der Waals surface area contributed by atoms with Gasteiger partial charge < -0.3 is 0 Å². The van der Waals surface area contributed by atoms with E-state index < -0.39 is 8.94 Å². The first-order valence-electron chi connectivity index (χ1n) is 5.29. The van der Waals surface area contributed by atoms with Gasteiger partial charge in [-0.15, -0.1) is 0 Å². The second-order valence-corrected chi connectivity index (χ2v) is 7.24. The van der Waals surface area contributed by atoms with Gasteiger partial charge in [0.25, 0.3) is 0 Å². The van der Waals surface area contributed by atoms with Gasteiger partial charge in [0.15, 0.2) is 0 Å². The average molecular weight is 300 g/mol. The highest BCUT2D eigenvalue weighted by molar-refractivity contribution is 8.15. The van der Waals surface area contributed by atoms with E-state index in [0.29, 0.717) is 10.7 Å². The zero-order valence-electron chi connectivity index (χ0n) is 9.42. The van der Waals surface area contributed by atoms with E-state index in [-0.39, 0.29) is 5.75 Å². The highest BCUT2D eigenvalue weighted by Gasteiger charge is 2.06. The van der Waals surface area contributed by atoms with Gasteiger partial charge in [-0.3, -0.25) is 0 Å². The lowest BCUT2D eigenvalue weighted by molar-refractivity contribution is 0.685. The first-order chi connectivity index (χ1) is 8.55. The number of benzene rings is 2. The van der Waals surface area contributed by atoms with Crippen LogP contribution in [0.1, 0.15) is 5.56 Å². The summed E-state index contributed by atoms with van der Waals surface area (Å²) in [5.74, 6) is 0.220. The number of hydrogen-bond donors (Lipinski definition) is 0. The molecule has 0 saturated heterocycles. The Hall–Kier alpha value is -1.03. The fourth-order valence-corrected chi connectivity index (χ4v) is 3.32. The maximum absolute atomic E-state index is 12.2. The molecular formula is C13H11Cl2NOS. The minimum Gasteiger partial charge on any atom is -0.233 e. The van der Waals surface area contributed by atoms with E-state index >= 15 is 0 Å². The van der Waals surface area contributed by atoms with Crippen molar-refractivity contribution in [3.8, 4) is 0 Å². The summed E-state index contributed by atoms with van der Waals surface area (Å²) in [4.78, 5) is 0. The third-order valence-corrected chi connectivity index (χ3v) is 4.22. The Morgan fingerprint density at radius 2 is 1.61 bits per heavy atom. The second kappa shape index (κ2) is 5.74. The Balaban J connectivity index is 2.25. The summed E-state index contributed by atoms with van der Waals surface area (Å²) in [5, 5.41) is 0.609. The first-order valence-corrected chi connectivity index (χ1v) is 8.18. The molecule has 0 aliphatic heterocycles. The van der Waals surface area contributed by atoms with Gasteiger partial charge in [0.2, 0.25) is 0 Å². The van der Waals surface area contributed by atoms with E-state index in [1.165, 1.54) is 0 Å². The zero-order valence-corrected chi connectivity index (χ0v) is 11.8. The zero-order chi connectivity index (χ0) is 13.0. The minimum atomic E-state index is -2.80. The topological polar surface area (TPSA) is 29.4 Å². The van der Waals surface area contributed by atoms with Crippen LogP contribution in [0, 0.1) is 0 Å². The quantitative estimate of drug-likeness (QED) is 0.749. The predicted molar refractivity (Wildman–Crippen MR) is 77.7 cm³/mol. The van der Waals surface area contributed by atoms with Crippen molar-refractivity contribution in [1.29, 1.82) is 0 Å². The van der Waals surface area contributed by atoms with Crippen LogP contribution in [0.4, 0.5) is 5.69 Å². The summed E-state index contributed by atoms with van der Waals surface area (Å²) < 4.78 is 16.2.